The third kappa shape index (κ3) is 4.81. The van der Waals surface area contributed by atoms with Crippen LogP contribution in [0.2, 0.25) is 0 Å². The Morgan fingerprint density at radius 3 is 2.43 bits per heavy atom. The Labute approximate surface area is 162 Å². The zero-order valence-electron chi connectivity index (χ0n) is 15.2. The molecule has 2 aromatic carbocycles. The molecule has 0 aliphatic heterocycles. The van der Waals surface area contributed by atoms with Crippen LogP contribution in [0.4, 0.5) is 16.2 Å². The van der Waals surface area contributed by atoms with E-state index in [0.717, 1.165) is 11.1 Å². The van der Waals surface area contributed by atoms with Crippen LogP contribution in [0.5, 0.6) is 0 Å². The maximum atomic E-state index is 13.5. The fraction of sp³-hybridized carbons (Fsp3) is 0.158. The van der Waals surface area contributed by atoms with E-state index in [-0.39, 0.29) is 16.7 Å². The third-order valence-corrected chi connectivity index (χ3v) is 5.10. The molecule has 7 nitrogen and oxygen atoms in total. The Morgan fingerprint density at radius 2 is 1.79 bits per heavy atom. The molecule has 0 bridgehead atoms. The third-order valence-electron chi connectivity index (χ3n) is 4.17. The van der Waals surface area contributed by atoms with Gasteiger partial charge in [0.05, 0.1) is 10.6 Å². The Balaban J connectivity index is 1.69. The normalized spacial score (nSPS) is 11.4. The summed E-state index contributed by atoms with van der Waals surface area (Å²) >= 11 is 0. The lowest BCUT2D eigenvalue weighted by molar-refractivity contribution is 0.597. The minimum atomic E-state index is -3.69. The minimum absolute atomic E-state index is 0.0759. The van der Waals surface area contributed by atoms with Crippen LogP contribution in [0.15, 0.2) is 53.4 Å². The van der Waals surface area contributed by atoms with Crippen molar-refractivity contribution < 1.29 is 12.8 Å². The van der Waals surface area contributed by atoms with Crippen molar-refractivity contribution in [1.29, 1.82) is 0 Å². The minimum Gasteiger partial charge on any atom is -0.370 e. The van der Waals surface area contributed by atoms with Crippen LogP contribution in [0.25, 0.3) is 11.3 Å². The summed E-state index contributed by atoms with van der Waals surface area (Å²) in [6.45, 7) is 2.23. The van der Waals surface area contributed by atoms with E-state index in [1.165, 1.54) is 18.2 Å². The number of aromatic nitrogens is 2. The summed E-state index contributed by atoms with van der Waals surface area (Å²) in [4.78, 5) is 8.45. The number of anilines is 2. The summed E-state index contributed by atoms with van der Waals surface area (Å²) in [6, 6.07) is 12.8. The lowest BCUT2D eigenvalue weighted by Gasteiger charge is -2.09. The smallest absolute Gasteiger partial charge is 0.238 e. The molecule has 0 atom stereocenters. The molecule has 0 saturated carbocycles. The molecule has 3 rings (SSSR count). The molecule has 0 aliphatic rings. The van der Waals surface area contributed by atoms with Crippen molar-refractivity contribution in [1.82, 2.24) is 9.97 Å². The Kier molecular flexibility index (Phi) is 5.57. The van der Waals surface area contributed by atoms with Crippen LogP contribution in [0, 0.1) is 12.7 Å². The van der Waals surface area contributed by atoms with E-state index in [0.29, 0.717) is 30.0 Å². The summed E-state index contributed by atoms with van der Waals surface area (Å²) in [7, 11) is -3.69. The van der Waals surface area contributed by atoms with Gasteiger partial charge < -0.3 is 11.1 Å². The first kappa shape index (κ1) is 19.7. The number of hydrogen-bond acceptors (Lipinski definition) is 6. The van der Waals surface area contributed by atoms with Crippen LogP contribution < -0.4 is 16.2 Å². The van der Waals surface area contributed by atoms with E-state index >= 15 is 0 Å². The van der Waals surface area contributed by atoms with Crippen LogP contribution >= 0.6 is 0 Å². The Bertz CT molecular complexity index is 1100. The summed E-state index contributed by atoms with van der Waals surface area (Å²) in [6.07, 6.45) is 0.639. The first-order chi connectivity index (χ1) is 13.2. The van der Waals surface area contributed by atoms with Crippen LogP contribution in [-0.2, 0) is 16.4 Å². The van der Waals surface area contributed by atoms with Gasteiger partial charge in [0.1, 0.15) is 11.6 Å². The lowest BCUT2D eigenvalue weighted by atomic mass is 10.1. The quantitative estimate of drug-likeness (QED) is 0.583. The van der Waals surface area contributed by atoms with Crippen molar-refractivity contribution in [3.8, 4) is 11.3 Å². The molecular weight excluding hydrogens is 381 g/mol. The lowest BCUT2D eigenvalue weighted by Crippen LogP contribution is -2.12. The van der Waals surface area contributed by atoms with Gasteiger partial charge in [0, 0.05) is 18.2 Å². The number of rotatable bonds is 6. The fourth-order valence-electron chi connectivity index (χ4n) is 2.69. The van der Waals surface area contributed by atoms with E-state index in [1.807, 2.05) is 0 Å². The number of nitrogen functional groups attached to an aromatic ring is 1. The van der Waals surface area contributed by atoms with Gasteiger partial charge in [-0.2, -0.15) is 4.98 Å². The molecular formula is C19H20FN5O2S. The van der Waals surface area contributed by atoms with E-state index in [4.69, 9.17) is 10.9 Å². The Morgan fingerprint density at radius 1 is 1.07 bits per heavy atom. The molecule has 0 saturated heterocycles. The fourth-order valence-corrected chi connectivity index (χ4v) is 3.20. The highest BCUT2D eigenvalue weighted by molar-refractivity contribution is 7.89. The number of sulfonamides is 1. The van der Waals surface area contributed by atoms with Gasteiger partial charge in [0.25, 0.3) is 0 Å². The van der Waals surface area contributed by atoms with E-state index in [1.54, 1.807) is 37.3 Å². The monoisotopic (exact) mass is 401 g/mol. The van der Waals surface area contributed by atoms with Crippen molar-refractivity contribution in [2.75, 3.05) is 17.6 Å². The maximum absolute atomic E-state index is 13.5. The van der Waals surface area contributed by atoms with Gasteiger partial charge in [-0.05, 0) is 54.8 Å². The predicted molar refractivity (Wildman–Crippen MR) is 107 cm³/mol. The summed E-state index contributed by atoms with van der Waals surface area (Å²) in [5.41, 5.74) is 8.60. The molecule has 5 N–H and O–H groups in total. The number of aryl methyl sites for hydroxylation is 1. The van der Waals surface area contributed by atoms with Gasteiger partial charge >= 0.3 is 0 Å². The van der Waals surface area contributed by atoms with Crippen molar-refractivity contribution in [2.45, 2.75) is 18.2 Å². The molecule has 3 aromatic rings. The van der Waals surface area contributed by atoms with E-state index in [2.05, 4.69) is 15.3 Å². The number of hydrogen-bond donors (Lipinski definition) is 3. The van der Waals surface area contributed by atoms with Crippen LogP contribution in [0.3, 0.4) is 0 Å². The van der Waals surface area contributed by atoms with Gasteiger partial charge in [0.15, 0.2) is 0 Å². The second-order valence-electron chi connectivity index (χ2n) is 6.33. The number of nitrogens with two attached hydrogens (primary N) is 2. The summed E-state index contributed by atoms with van der Waals surface area (Å²) in [5.74, 6) is 0.377. The van der Waals surface area contributed by atoms with Crippen molar-refractivity contribution in [3.05, 3.63) is 65.5 Å². The van der Waals surface area contributed by atoms with Crippen LogP contribution in [0.1, 0.15) is 11.1 Å². The molecule has 0 amide bonds. The number of nitrogens with zero attached hydrogens (tertiary/aromatic N) is 2. The number of benzene rings is 2. The van der Waals surface area contributed by atoms with Gasteiger partial charge in [0.2, 0.25) is 16.0 Å². The number of halogens is 1. The molecule has 0 fully saturated rings. The van der Waals surface area contributed by atoms with Gasteiger partial charge in [-0.15, -0.1) is 0 Å². The average Bonchev–Trinajstić information content (AvgIpc) is 2.63. The summed E-state index contributed by atoms with van der Waals surface area (Å²) in [5, 5.41) is 8.26. The highest BCUT2D eigenvalue weighted by Gasteiger charge is 2.08. The summed E-state index contributed by atoms with van der Waals surface area (Å²) < 4.78 is 36.0. The molecule has 0 aliphatic carbocycles. The van der Waals surface area contributed by atoms with Crippen molar-refractivity contribution in [2.24, 2.45) is 5.14 Å². The zero-order chi connectivity index (χ0) is 20.3. The van der Waals surface area contributed by atoms with Crippen molar-refractivity contribution >= 4 is 21.8 Å². The van der Waals surface area contributed by atoms with Gasteiger partial charge in [-0.25, -0.2) is 22.9 Å². The van der Waals surface area contributed by atoms with E-state index < -0.39 is 10.0 Å². The molecule has 1 aromatic heterocycles. The van der Waals surface area contributed by atoms with E-state index in [9.17, 15) is 12.8 Å². The highest BCUT2D eigenvalue weighted by Crippen LogP contribution is 2.23. The predicted octanol–water partition coefficient (Wildman–Crippen LogP) is 2.48. The number of nitrogens with one attached hydrogen (secondary N) is 1. The Hall–Kier alpha value is -3.04. The number of primary sulfonamides is 1. The molecule has 0 spiro atoms. The topological polar surface area (TPSA) is 124 Å². The van der Waals surface area contributed by atoms with Gasteiger partial charge in [-0.3, -0.25) is 0 Å². The highest BCUT2D eigenvalue weighted by atomic mass is 32.2. The maximum Gasteiger partial charge on any atom is 0.238 e. The van der Waals surface area contributed by atoms with Crippen molar-refractivity contribution in [3.63, 3.8) is 0 Å². The standard InChI is InChI=1S/C19H20FN5O2S/c1-12-10-14(4-7-16(12)20)17-11-18(25-19(21)24-17)23-9-8-13-2-5-15(6-3-13)28(22,26)27/h2-7,10-11H,8-9H2,1H3,(H2,22,26,27)(H3,21,23,24,25). The average molecular weight is 401 g/mol. The molecule has 146 valence electrons. The molecule has 0 radical (unpaired) electrons. The SMILES string of the molecule is Cc1cc(-c2cc(NCCc3ccc(S(N)(=O)=O)cc3)nc(N)n2)ccc1F. The molecule has 0 unspecified atom stereocenters. The molecule has 28 heavy (non-hydrogen) atoms. The first-order valence-electron chi connectivity index (χ1n) is 8.49. The zero-order valence-corrected chi connectivity index (χ0v) is 16.0. The molecule has 9 heteroatoms. The molecule has 1 heterocycles. The first-order valence-corrected chi connectivity index (χ1v) is 10.0. The van der Waals surface area contributed by atoms with Crippen LogP contribution in [-0.4, -0.2) is 24.9 Å². The second-order valence-corrected chi connectivity index (χ2v) is 7.89. The second kappa shape index (κ2) is 7.91. The largest absolute Gasteiger partial charge is 0.370 e. The van der Waals surface area contributed by atoms with Gasteiger partial charge in [-0.1, -0.05) is 12.1 Å².